The number of halogens is 3. The molecule has 3 aromatic carbocycles. The average Bonchev–Trinajstić information content (AvgIpc) is 3.23. The van der Waals surface area contributed by atoms with Gasteiger partial charge in [0.1, 0.15) is 5.75 Å². The first-order chi connectivity index (χ1) is 16.0. The number of hydrogen-bond donors (Lipinski definition) is 2. The molecule has 0 saturated carbocycles. The Morgan fingerprint density at radius 1 is 1.00 bits per heavy atom. The Hall–Kier alpha value is -3.64. The zero-order valence-corrected chi connectivity index (χ0v) is 18.2. The summed E-state index contributed by atoms with van der Waals surface area (Å²) in [4.78, 5) is 15.8. The zero-order valence-electron chi connectivity index (χ0n) is 17.5. The number of H-pyrrole nitrogens is 1. The molecular weight excluding hydrogens is 446 g/mol. The number of carbonyl (C=O) groups is 1. The second kappa shape index (κ2) is 10.3. The Kier molecular flexibility index (Phi) is 7.05. The number of nitrogens with one attached hydrogen (secondary N) is 2. The summed E-state index contributed by atoms with van der Waals surface area (Å²) in [5, 5.41) is 4.64. The fourth-order valence-electron chi connectivity index (χ4n) is 3.72. The van der Waals surface area contributed by atoms with Gasteiger partial charge in [0.25, 0.3) is 0 Å². The van der Waals surface area contributed by atoms with E-state index >= 15 is 0 Å². The topological polar surface area (TPSA) is 54.1 Å². The molecule has 0 fully saturated rings. The predicted octanol–water partition coefficient (Wildman–Crippen LogP) is 6.38. The summed E-state index contributed by atoms with van der Waals surface area (Å²) in [5.74, 6) is -0.370. The van der Waals surface area contributed by atoms with Crippen LogP contribution in [-0.4, -0.2) is 24.0 Å². The number of benzene rings is 3. The molecule has 0 unspecified atom stereocenters. The summed E-state index contributed by atoms with van der Waals surface area (Å²) in [7, 11) is 0. The van der Waals surface area contributed by atoms with E-state index in [4.69, 9.17) is 11.6 Å². The van der Waals surface area contributed by atoms with E-state index < -0.39 is 6.61 Å². The maximum atomic E-state index is 12.5. The SMILES string of the molecule is O=C(/C=C/c1ccc(OC(F)F)cc1)NC[C@H](c1ccccc1Cl)c1c[nH]c2ccccc12. The van der Waals surface area contributed by atoms with Crippen molar-refractivity contribution >= 4 is 34.5 Å². The highest BCUT2D eigenvalue weighted by Gasteiger charge is 2.20. The number of hydrogen-bond acceptors (Lipinski definition) is 2. The highest BCUT2D eigenvalue weighted by molar-refractivity contribution is 6.31. The van der Waals surface area contributed by atoms with Crippen LogP contribution in [0.15, 0.2) is 85.1 Å². The molecule has 0 aliphatic heterocycles. The van der Waals surface area contributed by atoms with E-state index in [2.05, 4.69) is 15.0 Å². The number of ether oxygens (including phenoxy) is 1. The monoisotopic (exact) mass is 466 g/mol. The van der Waals surface area contributed by atoms with Crippen molar-refractivity contribution in [2.45, 2.75) is 12.5 Å². The van der Waals surface area contributed by atoms with Gasteiger partial charge < -0.3 is 15.0 Å². The van der Waals surface area contributed by atoms with Crippen LogP contribution in [0.2, 0.25) is 5.02 Å². The fourth-order valence-corrected chi connectivity index (χ4v) is 3.99. The molecular formula is C26H21ClF2N2O2. The van der Waals surface area contributed by atoms with E-state index in [1.807, 2.05) is 54.7 Å². The molecule has 0 radical (unpaired) electrons. The van der Waals surface area contributed by atoms with Crippen molar-refractivity contribution in [3.63, 3.8) is 0 Å². The molecule has 33 heavy (non-hydrogen) atoms. The van der Waals surface area contributed by atoms with Gasteiger partial charge in [0.15, 0.2) is 0 Å². The number of para-hydroxylation sites is 1. The van der Waals surface area contributed by atoms with Crippen LogP contribution in [-0.2, 0) is 4.79 Å². The number of carbonyl (C=O) groups excluding carboxylic acids is 1. The molecule has 1 heterocycles. The van der Waals surface area contributed by atoms with Crippen molar-refractivity contribution in [1.29, 1.82) is 0 Å². The summed E-state index contributed by atoms with van der Waals surface area (Å²) in [5.41, 5.74) is 3.65. The van der Waals surface area contributed by atoms with Crippen molar-refractivity contribution in [3.8, 4) is 5.75 Å². The van der Waals surface area contributed by atoms with Gasteiger partial charge >= 0.3 is 6.61 Å². The maximum absolute atomic E-state index is 12.5. The van der Waals surface area contributed by atoms with Gasteiger partial charge in [-0.2, -0.15) is 8.78 Å². The van der Waals surface area contributed by atoms with Crippen LogP contribution in [0.4, 0.5) is 8.78 Å². The third-order valence-electron chi connectivity index (χ3n) is 5.29. The van der Waals surface area contributed by atoms with Crippen molar-refractivity contribution in [2.75, 3.05) is 6.54 Å². The molecule has 2 N–H and O–H groups in total. The minimum Gasteiger partial charge on any atom is -0.435 e. The molecule has 0 aliphatic carbocycles. The Labute approximate surface area is 194 Å². The Morgan fingerprint density at radius 2 is 1.73 bits per heavy atom. The summed E-state index contributed by atoms with van der Waals surface area (Å²) in [6.07, 6.45) is 4.96. The number of amides is 1. The van der Waals surface area contributed by atoms with Gasteiger partial charge in [-0.1, -0.05) is 60.1 Å². The molecule has 4 aromatic rings. The summed E-state index contributed by atoms with van der Waals surface area (Å²) in [6.45, 7) is -2.53. The number of alkyl halides is 2. The quantitative estimate of drug-likeness (QED) is 0.296. The van der Waals surface area contributed by atoms with Crippen molar-refractivity contribution in [3.05, 3.63) is 107 Å². The number of rotatable bonds is 8. The molecule has 0 saturated heterocycles. The van der Waals surface area contributed by atoms with Gasteiger partial charge in [-0.25, -0.2) is 0 Å². The fraction of sp³-hybridized carbons (Fsp3) is 0.115. The predicted molar refractivity (Wildman–Crippen MR) is 127 cm³/mol. The van der Waals surface area contributed by atoms with Crippen LogP contribution < -0.4 is 10.1 Å². The summed E-state index contributed by atoms with van der Waals surface area (Å²) < 4.78 is 28.8. The number of aromatic nitrogens is 1. The second-order valence-corrected chi connectivity index (χ2v) is 7.80. The Balaban J connectivity index is 1.50. The Morgan fingerprint density at radius 3 is 2.48 bits per heavy atom. The summed E-state index contributed by atoms with van der Waals surface area (Å²) in [6, 6.07) is 21.6. The normalized spacial score (nSPS) is 12.4. The van der Waals surface area contributed by atoms with E-state index in [0.29, 0.717) is 17.1 Å². The zero-order chi connectivity index (χ0) is 23.2. The smallest absolute Gasteiger partial charge is 0.387 e. The van der Waals surface area contributed by atoms with Gasteiger partial charge in [0, 0.05) is 40.7 Å². The first-order valence-electron chi connectivity index (χ1n) is 10.3. The van der Waals surface area contributed by atoms with Crippen LogP contribution >= 0.6 is 11.6 Å². The maximum Gasteiger partial charge on any atom is 0.387 e. The molecule has 1 aromatic heterocycles. The summed E-state index contributed by atoms with van der Waals surface area (Å²) >= 11 is 6.49. The van der Waals surface area contributed by atoms with E-state index in [-0.39, 0.29) is 17.6 Å². The highest BCUT2D eigenvalue weighted by Crippen LogP contribution is 2.34. The Bertz CT molecular complexity index is 1270. The third-order valence-corrected chi connectivity index (χ3v) is 5.63. The molecule has 0 bridgehead atoms. The molecule has 7 heteroatoms. The minimum atomic E-state index is -2.87. The molecule has 168 valence electrons. The van der Waals surface area contributed by atoms with Crippen LogP contribution in [0.1, 0.15) is 22.6 Å². The van der Waals surface area contributed by atoms with Crippen LogP contribution in [0.3, 0.4) is 0 Å². The van der Waals surface area contributed by atoms with E-state index in [0.717, 1.165) is 22.0 Å². The lowest BCUT2D eigenvalue weighted by Gasteiger charge is -2.19. The standard InChI is InChI=1S/C26H21ClF2N2O2/c27-23-7-3-1-5-19(23)21(22-15-30-24-8-4-2-6-20(22)24)16-31-25(32)14-11-17-9-12-18(13-10-17)33-26(28)29/h1-15,21,26,30H,16H2,(H,31,32)/b14-11+/t21-/m1/s1. The first kappa shape index (κ1) is 22.6. The van der Waals surface area contributed by atoms with E-state index in [9.17, 15) is 13.6 Å². The number of aromatic amines is 1. The average molecular weight is 467 g/mol. The number of fused-ring (bicyclic) bond motifs is 1. The van der Waals surface area contributed by atoms with Gasteiger partial charge in [-0.05, 0) is 47.0 Å². The lowest BCUT2D eigenvalue weighted by atomic mass is 9.90. The van der Waals surface area contributed by atoms with Crippen molar-refractivity contribution in [2.24, 2.45) is 0 Å². The van der Waals surface area contributed by atoms with Crippen LogP contribution in [0, 0.1) is 0 Å². The van der Waals surface area contributed by atoms with E-state index in [1.54, 1.807) is 18.2 Å². The molecule has 1 amide bonds. The molecule has 0 spiro atoms. The van der Waals surface area contributed by atoms with Crippen molar-refractivity contribution < 1.29 is 18.3 Å². The van der Waals surface area contributed by atoms with Gasteiger partial charge in [-0.3, -0.25) is 4.79 Å². The lowest BCUT2D eigenvalue weighted by molar-refractivity contribution is -0.116. The third kappa shape index (κ3) is 5.59. The molecule has 0 aliphatic rings. The van der Waals surface area contributed by atoms with Crippen LogP contribution in [0.5, 0.6) is 5.75 Å². The molecule has 1 atom stereocenters. The second-order valence-electron chi connectivity index (χ2n) is 7.39. The first-order valence-corrected chi connectivity index (χ1v) is 10.7. The van der Waals surface area contributed by atoms with Gasteiger partial charge in [0.2, 0.25) is 5.91 Å². The lowest BCUT2D eigenvalue weighted by Crippen LogP contribution is -2.27. The van der Waals surface area contributed by atoms with Crippen molar-refractivity contribution in [1.82, 2.24) is 10.3 Å². The molecule has 4 nitrogen and oxygen atoms in total. The van der Waals surface area contributed by atoms with Gasteiger partial charge in [-0.15, -0.1) is 0 Å². The largest absolute Gasteiger partial charge is 0.435 e. The van der Waals surface area contributed by atoms with Gasteiger partial charge in [0.05, 0.1) is 0 Å². The minimum absolute atomic E-state index is 0.0629. The highest BCUT2D eigenvalue weighted by atomic mass is 35.5. The van der Waals surface area contributed by atoms with E-state index in [1.165, 1.54) is 18.2 Å². The molecule has 4 rings (SSSR count). The van der Waals surface area contributed by atoms with Crippen LogP contribution in [0.25, 0.3) is 17.0 Å².